The molecule has 13 nitrogen and oxygen atoms in total. The number of fused-ring (bicyclic) bond motifs is 1. The number of para-hydroxylation sites is 1. The maximum Gasteiger partial charge on any atom is 0.326 e. The van der Waals surface area contributed by atoms with Crippen LogP contribution in [0, 0.1) is 0 Å². The molecule has 4 rings (SSSR count). The van der Waals surface area contributed by atoms with Crippen LogP contribution in [0.5, 0.6) is 0 Å². The highest BCUT2D eigenvalue weighted by Gasteiger charge is 2.31. The van der Waals surface area contributed by atoms with Crippen LogP contribution < -0.4 is 27.4 Å². The molecule has 45 heavy (non-hydrogen) atoms. The number of aromatic nitrogens is 3. The minimum atomic E-state index is -1.27. The zero-order chi connectivity index (χ0) is 32.2. The number of nitrogens with two attached hydrogens (primary N) is 2. The van der Waals surface area contributed by atoms with E-state index in [0.29, 0.717) is 25.1 Å². The predicted octanol–water partition coefficient (Wildman–Crippen LogP) is 0.914. The lowest BCUT2D eigenvalue weighted by Gasteiger charge is -2.25. The Bertz CT molecular complexity index is 1560. The SMILES string of the molecule is NCCCCC(NC(=O)C(N)Cc1c[nH]c2ccccc12)C(=O)NC(Cc1ccccc1)C(=O)NC(Cc1cnc[nH]1)C(=O)O. The van der Waals surface area contributed by atoms with Crippen molar-refractivity contribution in [1.82, 2.24) is 30.9 Å². The number of aromatic amines is 2. The zero-order valence-corrected chi connectivity index (χ0v) is 24.9. The number of aliphatic carboxylic acids is 1. The number of nitrogens with one attached hydrogen (secondary N) is 5. The molecule has 10 N–H and O–H groups in total. The first-order valence-corrected chi connectivity index (χ1v) is 14.9. The van der Waals surface area contributed by atoms with Gasteiger partial charge in [0.1, 0.15) is 18.1 Å². The molecule has 0 saturated carbocycles. The number of rotatable bonds is 17. The van der Waals surface area contributed by atoms with Gasteiger partial charge in [0.05, 0.1) is 12.4 Å². The summed E-state index contributed by atoms with van der Waals surface area (Å²) in [4.78, 5) is 62.2. The maximum atomic E-state index is 13.7. The van der Waals surface area contributed by atoms with Crippen LogP contribution in [-0.2, 0) is 38.4 Å². The average Bonchev–Trinajstić information content (AvgIpc) is 3.70. The molecule has 2 heterocycles. The van der Waals surface area contributed by atoms with Gasteiger partial charge in [-0.3, -0.25) is 14.4 Å². The summed E-state index contributed by atoms with van der Waals surface area (Å²) in [5.74, 6) is -3.01. The van der Waals surface area contributed by atoms with Crippen molar-refractivity contribution >= 4 is 34.6 Å². The van der Waals surface area contributed by atoms with Crippen molar-refractivity contribution in [2.75, 3.05) is 6.54 Å². The van der Waals surface area contributed by atoms with E-state index in [1.807, 2.05) is 36.5 Å². The summed E-state index contributed by atoms with van der Waals surface area (Å²) in [7, 11) is 0. The summed E-state index contributed by atoms with van der Waals surface area (Å²) >= 11 is 0. The van der Waals surface area contributed by atoms with E-state index in [9.17, 15) is 24.3 Å². The van der Waals surface area contributed by atoms with Gasteiger partial charge in [0.25, 0.3) is 0 Å². The lowest BCUT2D eigenvalue weighted by atomic mass is 10.0. The second-order valence-electron chi connectivity index (χ2n) is 10.9. The number of benzene rings is 2. The van der Waals surface area contributed by atoms with E-state index in [-0.39, 0.29) is 25.7 Å². The van der Waals surface area contributed by atoms with Crippen LogP contribution in [0.2, 0.25) is 0 Å². The number of H-pyrrole nitrogens is 2. The third-order valence-corrected chi connectivity index (χ3v) is 7.54. The highest BCUT2D eigenvalue weighted by molar-refractivity contribution is 5.94. The first kappa shape index (κ1) is 32.9. The zero-order valence-electron chi connectivity index (χ0n) is 24.9. The highest BCUT2D eigenvalue weighted by atomic mass is 16.4. The number of unbranched alkanes of at least 4 members (excludes halogenated alkanes) is 1. The van der Waals surface area contributed by atoms with Crippen LogP contribution in [0.1, 0.15) is 36.1 Å². The van der Waals surface area contributed by atoms with E-state index < -0.39 is 47.9 Å². The van der Waals surface area contributed by atoms with Crippen molar-refractivity contribution in [3.63, 3.8) is 0 Å². The Hall–Kier alpha value is -5.01. The molecule has 0 spiro atoms. The van der Waals surface area contributed by atoms with Crippen molar-refractivity contribution in [3.05, 3.63) is 90.1 Å². The van der Waals surface area contributed by atoms with Crippen LogP contribution in [0.15, 0.2) is 73.3 Å². The Balaban J connectivity index is 1.48. The van der Waals surface area contributed by atoms with E-state index in [1.54, 1.807) is 24.3 Å². The highest BCUT2D eigenvalue weighted by Crippen LogP contribution is 2.19. The quantitative estimate of drug-likeness (QED) is 0.0795. The van der Waals surface area contributed by atoms with Gasteiger partial charge in [-0.25, -0.2) is 9.78 Å². The third-order valence-electron chi connectivity index (χ3n) is 7.54. The number of carbonyl (C=O) groups is 4. The lowest BCUT2D eigenvalue weighted by molar-refractivity contribution is -0.142. The normalized spacial score (nSPS) is 13.8. The van der Waals surface area contributed by atoms with E-state index in [0.717, 1.165) is 22.0 Å². The molecule has 4 unspecified atom stereocenters. The summed E-state index contributed by atoms with van der Waals surface area (Å²) in [6, 6.07) is 12.4. The van der Waals surface area contributed by atoms with E-state index in [2.05, 4.69) is 30.9 Å². The number of carbonyl (C=O) groups excluding carboxylic acids is 3. The first-order valence-electron chi connectivity index (χ1n) is 14.9. The number of imidazole rings is 1. The van der Waals surface area contributed by atoms with Crippen LogP contribution >= 0.6 is 0 Å². The molecule has 0 aliphatic heterocycles. The molecule has 0 aliphatic carbocycles. The Morgan fingerprint density at radius 2 is 1.49 bits per heavy atom. The Kier molecular flexibility index (Phi) is 11.8. The molecule has 4 aromatic rings. The van der Waals surface area contributed by atoms with Gasteiger partial charge in [-0.2, -0.15) is 0 Å². The monoisotopic (exact) mass is 616 g/mol. The number of hydrogen-bond acceptors (Lipinski definition) is 7. The molecule has 13 heteroatoms. The van der Waals surface area contributed by atoms with Crippen molar-refractivity contribution in [1.29, 1.82) is 0 Å². The molecule has 0 saturated heterocycles. The largest absolute Gasteiger partial charge is 0.480 e. The fourth-order valence-corrected chi connectivity index (χ4v) is 5.09. The van der Waals surface area contributed by atoms with Gasteiger partial charge in [-0.05, 0) is 49.4 Å². The molecule has 0 aliphatic rings. The number of carboxylic acids is 1. The molecule has 0 bridgehead atoms. The molecule has 238 valence electrons. The van der Waals surface area contributed by atoms with Crippen molar-refractivity contribution in [2.24, 2.45) is 11.5 Å². The third kappa shape index (κ3) is 9.49. The van der Waals surface area contributed by atoms with E-state index >= 15 is 0 Å². The first-order chi connectivity index (χ1) is 21.7. The molecule has 0 radical (unpaired) electrons. The maximum absolute atomic E-state index is 13.7. The van der Waals surface area contributed by atoms with Gasteiger partial charge >= 0.3 is 5.97 Å². The second kappa shape index (κ2) is 16.2. The van der Waals surface area contributed by atoms with Gasteiger partial charge < -0.3 is 42.5 Å². The van der Waals surface area contributed by atoms with Crippen LogP contribution in [0.3, 0.4) is 0 Å². The summed E-state index contributed by atoms with van der Waals surface area (Å²) in [6.07, 6.45) is 6.47. The average molecular weight is 617 g/mol. The molecule has 2 aromatic heterocycles. The molecule has 0 fully saturated rings. The molecule has 2 aromatic carbocycles. The fourth-order valence-electron chi connectivity index (χ4n) is 5.09. The van der Waals surface area contributed by atoms with Gasteiger partial charge in [0, 0.05) is 41.8 Å². The summed E-state index contributed by atoms with van der Waals surface area (Å²) in [5.41, 5.74) is 15.0. The smallest absolute Gasteiger partial charge is 0.326 e. The molecule has 3 amide bonds. The predicted molar refractivity (Wildman–Crippen MR) is 169 cm³/mol. The van der Waals surface area contributed by atoms with Gasteiger partial charge in [-0.1, -0.05) is 48.5 Å². The van der Waals surface area contributed by atoms with Crippen molar-refractivity contribution < 1.29 is 24.3 Å². The summed E-state index contributed by atoms with van der Waals surface area (Å²) < 4.78 is 0. The Morgan fingerprint density at radius 1 is 0.800 bits per heavy atom. The molecular weight excluding hydrogens is 576 g/mol. The lowest BCUT2D eigenvalue weighted by Crippen LogP contribution is -2.58. The number of nitrogens with zero attached hydrogens (tertiary/aromatic N) is 1. The van der Waals surface area contributed by atoms with Gasteiger partial charge in [-0.15, -0.1) is 0 Å². The van der Waals surface area contributed by atoms with E-state index in [1.165, 1.54) is 12.5 Å². The van der Waals surface area contributed by atoms with Gasteiger partial charge in [0.15, 0.2) is 0 Å². The van der Waals surface area contributed by atoms with Crippen LogP contribution in [-0.4, -0.2) is 74.5 Å². The van der Waals surface area contributed by atoms with Gasteiger partial charge in [0.2, 0.25) is 17.7 Å². The second-order valence-corrected chi connectivity index (χ2v) is 10.9. The standard InChI is InChI=1S/C32H40N8O5/c33-13-7-6-12-26(38-29(41)24(34)15-21-17-36-25-11-5-4-10-23(21)25)30(42)39-27(14-20-8-2-1-3-9-20)31(43)40-28(32(44)45)16-22-18-35-19-37-22/h1-5,8-11,17-19,24,26-28,36H,6-7,12-16,33-34H2,(H,35,37)(H,38,41)(H,39,42)(H,40,43)(H,44,45). The van der Waals surface area contributed by atoms with Crippen molar-refractivity contribution in [3.8, 4) is 0 Å². The fraction of sp³-hybridized carbons (Fsp3) is 0.344. The Morgan fingerprint density at radius 3 is 2.20 bits per heavy atom. The summed E-state index contributed by atoms with van der Waals surface area (Å²) in [5, 5.41) is 18.8. The van der Waals surface area contributed by atoms with Crippen LogP contribution in [0.4, 0.5) is 0 Å². The topological polar surface area (TPSA) is 221 Å². The molecular formula is C32H40N8O5. The summed E-state index contributed by atoms with van der Waals surface area (Å²) in [6.45, 7) is 0.411. The minimum Gasteiger partial charge on any atom is -0.480 e. The number of hydrogen-bond donors (Lipinski definition) is 8. The number of amides is 3. The Labute approximate surface area is 260 Å². The molecule has 4 atom stereocenters. The van der Waals surface area contributed by atoms with E-state index in [4.69, 9.17) is 11.5 Å². The van der Waals surface area contributed by atoms with Crippen LogP contribution in [0.25, 0.3) is 10.9 Å². The van der Waals surface area contributed by atoms with Crippen molar-refractivity contribution in [2.45, 2.75) is 62.7 Å². The number of carboxylic acid groups (broad SMARTS) is 1. The minimum absolute atomic E-state index is 0.0286.